The molecule has 114 valence electrons. The lowest BCUT2D eigenvalue weighted by Gasteiger charge is -2.15. The maximum atomic E-state index is 11.8. The van der Waals surface area contributed by atoms with Gasteiger partial charge in [-0.3, -0.25) is 4.79 Å². The van der Waals surface area contributed by atoms with Crippen molar-refractivity contribution in [3.8, 4) is 0 Å². The predicted octanol–water partition coefficient (Wildman–Crippen LogP) is 0.938. The van der Waals surface area contributed by atoms with Crippen LogP contribution in [-0.2, 0) is 14.8 Å². The van der Waals surface area contributed by atoms with Crippen molar-refractivity contribution in [2.24, 2.45) is 11.7 Å². The van der Waals surface area contributed by atoms with Gasteiger partial charge in [0.25, 0.3) is 0 Å². The summed E-state index contributed by atoms with van der Waals surface area (Å²) in [5.74, 6) is -0.335. The molecule has 0 bridgehead atoms. The number of anilines is 1. The van der Waals surface area contributed by atoms with Crippen LogP contribution in [0.2, 0.25) is 0 Å². The van der Waals surface area contributed by atoms with Gasteiger partial charge in [0, 0.05) is 5.69 Å². The Kier molecular flexibility index (Phi) is 7.15. The van der Waals surface area contributed by atoms with Gasteiger partial charge >= 0.3 is 0 Å². The minimum atomic E-state index is -3.53. The van der Waals surface area contributed by atoms with Crippen LogP contribution in [0.4, 0.5) is 5.69 Å². The standard InChI is InChI=1S/C12H19N3O3S.ClH/c1-8(2)11(13)12(16)15-9-5-4-6-10(7-9)19(17,18)14-3;/h4-8,11,14H,13H2,1-3H3,(H,15,16);1H/t11-;/m0./s1. The fourth-order valence-electron chi connectivity index (χ4n) is 1.39. The number of hydrogen-bond acceptors (Lipinski definition) is 4. The van der Waals surface area contributed by atoms with Crippen LogP contribution in [0.5, 0.6) is 0 Å². The van der Waals surface area contributed by atoms with Gasteiger partial charge in [0.05, 0.1) is 10.9 Å². The number of amides is 1. The first-order chi connectivity index (χ1) is 8.77. The number of rotatable bonds is 5. The minimum absolute atomic E-state index is 0. The van der Waals surface area contributed by atoms with Crippen molar-refractivity contribution in [1.82, 2.24) is 4.72 Å². The number of benzene rings is 1. The first-order valence-corrected chi connectivity index (χ1v) is 7.36. The quantitative estimate of drug-likeness (QED) is 0.751. The van der Waals surface area contributed by atoms with Gasteiger partial charge in [-0.05, 0) is 31.2 Å². The number of sulfonamides is 1. The lowest BCUT2D eigenvalue weighted by molar-refractivity contribution is -0.118. The fraction of sp³-hybridized carbons (Fsp3) is 0.417. The maximum absolute atomic E-state index is 11.8. The SMILES string of the molecule is CNS(=O)(=O)c1cccc(NC(=O)[C@@H](N)C(C)C)c1.Cl. The van der Waals surface area contributed by atoms with Crippen LogP contribution in [0, 0.1) is 5.92 Å². The summed E-state index contributed by atoms with van der Waals surface area (Å²) < 4.78 is 25.5. The topological polar surface area (TPSA) is 101 Å². The van der Waals surface area contributed by atoms with Gasteiger partial charge in [-0.25, -0.2) is 13.1 Å². The zero-order valence-corrected chi connectivity index (χ0v) is 13.2. The molecular weight excluding hydrogens is 302 g/mol. The van der Waals surface area contributed by atoms with Gasteiger partial charge in [-0.2, -0.15) is 0 Å². The van der Waals surface area contributed by atoms with Gasteiger partial charge < -0.3 is 11.1 Å². The third kappa shape index (κ3) is 4.75. The lowest BCUT2D eigenvalue weighted by atomic mass is 10.1. The molecule has 1 atom stereocenters. The molecule has 1 amide bonds. The van der Waals surface area contributed by atoms with E-state index in [9.17, 15) is 13.2 Å². The highest BCUT2D eigenvalue weighted by atomic mass is 35.5. The number of carbonyl (C=O) groups excluding carboxylic acids is 1. The van der Waals surface area contributed by atoms with Crippen LogP contribution in [0.3, 0.4) is 0 Å². The molecule has 1 aromatic rings. The molecule has 0 aliphatic heterocycles. The van der Waals surface area contributed by atoms with E-state index >= 15 is 0 Å². The highest BCUT2D eigenvalue weighted by molar-refractivity contribution is 7.89. The van der Waals surface area contributed by atoms with E-state index in [2.05, 4.69) is 10.0 Å². The highest BCUT2D eigenvalue weighted by Gasteiger charge is 2.18. The van der Waals surface area contributed by atoms with Gasteiger partial charge in [0.2, 0.25) is 15.9 Å². The number of nitrogens with two attached hydrogens (primary N) is 1. The molecule has 20 heavy (non-hydrogen) atoms. The van der Waals surface area contributed by atoms with Crippen LogP contribution in [0.25, 0.3) is 0 Å². The van der Waals surface area contributed by atoms with Gasteiger partial charge in [0.15, 0.2) is 0 Å². The highest BCUT2D eigenvalue weighted by Crippen LogP contribution is 2.15. The van der Waals surface area contributed by atoms with E-state index in [1.807, 2.05) is 13.8 Å². The molecule has 8 heteroatoms. The molecule has 0 saturated carbocycles. The number of hydrogen-bond donors (Lipinski definition) is 3. The first kappa shape index (κ1) is 18.9. The summed E-state index contributed by atoms with van der Waals surface area (Å²) >= 11 is 0. The fourth-order valence-corrected chi connectivity index (χ4v) is 2.16. The second kappa shape index (κ2) is 7.58. The van der Waals surface area contributed by atoms with E-state index in [4.69, 9.17) is 5.73 Å². The molecule has 0 aliphatic rings. The van der Waals surface area contributed by atoms with E-state index in [0.29, 0.717) is 5.69 Å². The third-order valence-electron chi connectivity index (χ3n) is 2.70. The molecule has 0 radical (unpaired) electrons. The molecule has 0 unspecified atom stereocenters. The lowest BCUT2D eigenvalue weighted by Crippen LogP contribution is -2.39. The Bertz CT molecular complexity index is 561. The minimum Gasteiger partial charge on any atom is -0.325 e. The smallest absolute Gasteiger partial charge is 0.241 e. The molecule has 1 rings (SSSR count). The van der Waals surface area contributed by atoms with Crippen LogP contribution >= 0.6 is 12.4 Å². The summed E-state index contributed by atoms with van der Waals surface area (Å²) in [4.78, 5) is 11.9. The number of carbonyl (C=O) groups is 1. The van der Waals surface area contributed by atoms with E-state index in [-0.39, 0.29) is 29.1 Å². The Labute approximate surface area is 125 Å². The molecule has 1 aromatic carbocycles. The van der Waals surface area contributed by atoms with Gasteiger partial charge in [-0.15, -0.1) is 12.4 Å². The van der Waals surface area contributed by atoms with Crippen LogP contribution in [0.1, 0.15) is 13.8 Å². The molecule has 6 nitrogen and oxygen atoms in total. The predicted molar refractivity (Wildman–Crippen MR) is 81.4 cm³/mol. The van der Waals surface area contributed by atoms with E-state index in [0.717, 1.165) is 0 Å². The molecule has 0 fully saturated rings. The summed E-state index contributed by atoms with van der Waals surface area (Å²) in [5, 5.41) is 2.60. The van der Waals surface area contributed by atoms with Crippen molar-refractivity contribution in [3.05, 3.63) is 24.3 Å². The first-order valence-electron chi connectivity index (χ1n) is 5.88. The van der Waals surface area contributed by atoms with Crippen LogP contribution in [0.15, 0.2) is 29.2 Å². The Morgan fingerprint density at radius 2 is 1.90 bits per heavy atom. The molecule has 0 aliphatic carbocycles. The largest absolute Gasteiger partial charge is 0.325 e. The average Bonchev–Trinajstić information content (AvgIpc) is 2.37. The summed E-state index contributed by atoms with van der Waals surface area (Å²) in [6, 6.07) is 5.37. The Morgan fingerprint density at radius 3 is 2.40 bits per heavy atom. The number of halogens is 1. The molecular formula is C12H20ClN3O3S. The van der Waals surface area contributed by atoms with Crippen molar-refractivity contribution in [2.45, 2.75) is 24.8 Å². The van der Waals surface area contributed by atoms with Crippen LogP contribution in [-0.4, -0.2) is 27.4 Å². The summed E-state index contributed by atoms with van der Waals surface area (Å²) in [6.07, 6.45) is 0. The zero-order chi connectivity index (χ0) is 14.6. The Balaban J connectivity index is 0.00000361. The van der Waals surface area contributed by atoms with Gasteiger partial charge in [-0.1, -0.05) is 19.9 Å². The monoisotopic (exact) mass is 321 g/mol. The second-order valence-electron chi connectivity index (χ2n) is 4.49. The summed E-state index contributed by atoms with van der Waals surface area (Å²) in [7, 11) is -2.20. The van der Waals surface area contributed by atoms with Crippen molar-refractivity contribution in [3.63, 3.8) is 0 Å². The molecule has 0 aromatic heterocycles. The van der Waals surface area contributed by atoms with Crippen molar-refractivity contribution in [1.29, 1.82) is 0 Å². The second-order valence-corrected chi connectivity index (χ2v) is 6.38. The summed E-state index contributed by atoms with van der Waals surface area (Å²) in [5.41, 5.74) is 6.12. The zero-order valence-electron chi connectivity index (χ0n) is 11.6. The average molecular weight is 322 g/mol. The van der Waals surface area contributed by atoms with E-state index < -0.39 is 16.1 Å². The summed E-state index contributed by atoms with van der Waals surface area (Å²) in [6.45, 7) is 3.68. The normalized spacial score (nSPS) is 12.7. The third-order valence-corrected chi connectivity index (χ3v) is 4.11. The van der Waals surface area contributed by atoms with Crippen LogP contribution < -0.4 is 15.8 Å². The molecule has 0 heterocycles. The van der Waals surface area contributed by atoms with Crippen molar-refractivity contribution >= 4 is 34.0 Å². The van der Waals surface area contributed by atoms with Crippen molar-refractivity contribution in [2.75, 3.05) is 12.4 Å². The Hall–Kier alpha value is -1.15. The van der Waals surface area contributed by atoms with Gasteiger partial charge in [0.1, 0.15) is 0 Å². The van der Waals surface area contributed by atoms with E-state index in [1.165, 1.54) is 19.2 Å². The Morgan fingerprint density at radius 1 is 1.30 bits per heavy atom. The van der Waals surface area contributed by atoms with E-state index in [1.54, 1.807) is 12.1 Å². The molecule has 0 spiro atoms. The van der Waals surface area contributed by atoms with Crippen molar-refractivity contribution < 1.29 is 13.2 Å². The molecule has 4 N–H and O–H groups in total. The number of nitrogens with one attached hydrogen (secondary N) is 2. The molecule has 0 saturated heterocycles. The maximum Gasteiger partial charge on any atom is 0.241 e.